The summed E-state index contributed by atoms with van der Waals surface area (Å²) in [6, 6.07) is 8.45. The molecule has 1 aromatic heterocycles. The van der Waals surface area contributed by atoms with Crippen molar-refractivity contribution >= 4 is 39.1 Å². The van der Waals surface area contributed by atoms with Crippen molar-refractivity contribution in [3.05, 3.63) is 34.0 Å². The fourth-order valence-electron chi connectivity index (χ4n) is 1.14. The summed E-state index contributed by atoms with van der Waals surface area (Å²) in [6.07, 6.45) is 1.90. The Morgan fingerprint density at radius 2 is 2.00 bits per heavy atom. The predicted octanol–water partition coefficient (Wildman–Crippen LogP) is 3.46. The van der Waals surface area contributed by atoms with Crippen molar-refractivity contribution in [1.29, 1.82) is 0 Å². The molecule has 2 nitrogen and oxygen atoms in total. The molecule has 1 N–H and O–H groups in total. The second-order valence-corrected chi connectivity index (χ2v) is 5.06. The van der Waals surface area contributed by atoms with Gasteiger partial charge in [0.1, 0.15) is 0 Å². The average Bonchev–Trinajstić information content (AvgIpc) is 2.67. The van der Waals surface area contributed by atoms with Gasteiger partial charge in [0.2, 0.25) is 0 Å². The van der Waals surface area contributed by atoms with Gasteiger partial charge < -0.3 is 5.32 Å². The molecule has 0 unspecified atom stereocenters. The van der Waals surface area contributed by atoms with Crippen LogP contribution in [0.25, 0.3) is 10.4 Å². The Hall–Kier alpha value is -0.620. The van der Waals surface area contributed by atoms with Gasteiger partial charge in [0.25, 0.3) is 0 Å². The van der Waals surface area contributed by atoms with Gasteiger partial charge in [0.15, 0.2) is 5.13 Å². The summed E-state index contributed by atoms with van der Waals surface area (Å²) in [5, 5.41) is 3.99. The molecule has 0 spiro atoms. The Kier molecular flexibility index (Phi) is 3.02. The molecule has 2 aromatic rings. The lowest BCUT2D eigenvalue weighted by Gasteiger charge is -1.95. The summed E-state index contributed by atoms with van der Waals surface area (Å²) in [5.74, 6) is 0. The molecular formula is C10H9IN2S. The molecule has 0 fully saturated rings. The lowest BCUT2D eigenvalue weighted by atomic mass is 10.2. The van der Waals surface area contributed by atoms with E-state index in [-0.39, 0.29) is 0 Å². The lowest BCUT2D eigenvalue weighted by Crippen LogP contribution is -1.83. The molecule has 0 aliphatic heterocycles. The van der Waals surface area contributed by atoms with Crippen molar-refractivity contribution < 1.29 is 0 Å². The molecule has 0 bridgehead atoms. The van der Waals surface area contributed by atoms with Gasteiger partial charge >= 0.3 is 0 Å². The van der Waals surface area contributed by atoms with E-state index in [1.165, 1.54) is 14.0 Å². The van der Waals surface area contributed by atoms with E-state index in [0.717, 1.165) is 5.13 Å². The van der Waals surface area contributed by atoms with Gasteiger partial charge in [-0.2, -0.15) is 0 Å². The Morgan fingerprint density at radius 1 is 1.29 bits per heavy atom. The van der Waals surface area contributed by atoms with Gasteiger partial charge in [-0.1, -0.05) is 23.5 Å². The van der Waals surface area contributed by atoms with E-state index < -0.39 is 0 Å². The van der Waals surface area contributed by atoms with Crippen LogP contribution in [0, 0.1) is 3.57 Å². The van der Waals surface area contributed by atoms with Crippen molar-refractivity contribution in [2.24, 2.45) is 0 Å². The monoisotopic (exact) mass is 316 g/mol. The summed E-state index contributed by atoms with van der Waals surface area (Å²) in [5.41, 5.74) is 1.23. The highest BCUT2D eigenvalue weighted by molar-refractivity contribution is 14.1. The van der Waals surface area contributed by atoms with E-state index in [1.807, 2.05) is 13.2 Å². The molecule has 1 aromatic carbocycles. The maximum atomic E-state index is 4.24. The number of anilines is 1. The third-order valence-electron chi connectivity index (χ3n) is 1.85. The first kappa shape index (κ1) is 9.92. The maximum absolute atomic E-state index is 4.24. The Labute approximate surface area is 101 Å². The zero-order chi connectivity index (χ0) is 9.97. The summed E-state index contributed by atoms with van der Waals surface area (Å²) in [7, 11) is 1.89. The van der Waals surface area contributed by atoms with E-state index in [0.29, 0.717) is 0 Å². The molecular weight excluding hydrogens is 307 g/mol. The van der Waals surface area contributed by atoms with Gasteiger partial charge in [-0.15, -0.1) is 0 Å². The third kappa shape index (κ3) is 2.06. The second kappa shape index (κ2) is 4.27. The Morgan fingerprint density at radius 3 is 2.57 bits per heavy atom. The molecule has 0 saturated heterocycles. The minimum absolute atomic E-state index is 0.957. The number of hydrogen-bond donors (Lipinski definition) is 1. The maximum Gasteiger partial charge on any atom is 0.182 e. The highest BCUT2D eigenvalue weighted by Gasteiger charge is 2.02. The van der Waals surface area contributed by atoms with Crippen LogP contribution in [0.4, 0.5) is 5.13 Å². The summed E-state index contributed by atoms with van der Waals surface area (Å²) in [6.45, 7) is 0. The molecule has 0 aliphatic rings. The number of benzene rings is 1. The van der Waals surface area contributed by atoms with Gasteiger partial charge in [-0.3, -0.25) is 0 Å². The molecule has 2 rings (SSSR count). The average molecular weight is 316 g/mol. The van der Waals surface area contributed by atoms with Crippen molar-refractivity contribution in [2.45, 2.75) is 0 Å². The van der Waals surface area contributed by atoms with Crippen LogP contribution in [0.5, 0.6) is 0 Å². The zero-order valence-electron chi connectivity index (χ0n) is 7.62. The summed E-state index contributed by atoms with van der Waals surface area (Å²) < 4.78 is 1.25. The van der Waals surface area contributed by atoms with E-state index in [9.17, 15) is 0 Å². The van der Waals surface area contributed by atoms with Gasteiger partial charge in [0, 0.05) is 16.8 Å². The van der Waals surface area contributed by atoms with Crippen LogP contribution >= 0.6 is 33.9 Å². The van der Waals surface area contributed by atoms with Crippen molar-refractivity contribution in [3.63, 3.8) is 0 Å². The van der Waals surface area contributed by atoms with Crippen LogP contribution < -0.4 is 5.32 Å². The fourth-order valence-corrected chi connectivity index (χ4v) is 2.27. The van der Waals surface area contributed by atoms with Crippen LogP contribution in [0.2, 0.25) is 0 Å². The van der Waals surface area contributed by atoms with E-state index in [4.69, 9.17) is 0 Å². The highest BCUT2D eigenvalue weighted by atomic mass is 127. The molecule has 0 aliphatic carbocycles. The fraction of sp³-hybridized carbons (Fsp3) is 0.100. The minimum Gasteiger partial charge on any atom is -0.365 e. The van der Waals surface area contributed by atoms with E-state index in [1.54, 1.807) is 11.3 Å². The minimum atomic E-state index is 0.957. The van der Waals surface area contributed by atoms with Gasteiger partial charge in [0.05, 0.1) is 4.88 Å². The second-order valence-electron chi connectivity index (χ2n) is 2.79. The van der Waals surface area contributed by atoms with Gasteiger partial charge in [-0.05, 0) is 40.3 Å². The first-order valence-electron chi connectivity index (χ1n) is 4.19. The largest absolute Gasteiger partial charge is 0.365 e. The number of rotatable bonds is 2. The van der Waals surface area contributed by atoms with Gasteiger partial charge in [-0.25, -0.2) is 4.98 Å². The van der Waals surface area contributed by atoms with Crippen LogP contribution in [0.15, 0.2) is 30.5 Å². The normalized spacial score (nSPS) is 10.1. The Bertz CT molecular complexity index is 422. The van der Waals surface area contributed by atoms with Crippen LogP contribution in [-0.4, -0.2) is 12.0 Å². The van der Waals surface area contributed by atoms with Crippen molar-refractivity contribution in [2.75, 3.05) is 12.4 Å². The highest BCUT2D eigenvalue weighted by Crippen LogP contribution is 2.28. The van der Waals surface area contributed by atoms with E-state index >= 15 is 0 Å². The first-order chi connectivity index (χ1) is 6.79. The SMILES string of the molecule is CNc1ncc(-c2ccc(I)cc2)s1. The number of hydrogen-bond acceptors (Lipinski definition) is 3. The molecule has 4 heteroatoms. The van der Waals surface area contributed by atoms with Crippen LogP contribution in [0.1, 0.15) is 0 Å². The molecule has 72 valence electrons. The van der Waals surface area contributed by atoms with Crippen LogP contribution in [-0.2, 0) is 0 Å². The molecule has 0 amide bonds. The molecule has 0 atom stereocenters. The topological polar surface area (TPSA) is 24.9 Å². The molecule has 1 heterocycles. The zero-order valence-corrected chi connectivity index (χ0v) is 10.6. The summed E-state index contributed by atoms with van der Waals surface area (Å²) >= 11 is 3.97. The number of nitrogens with one attached hydrogen (secondary N) is 1. The quantitative estimate of drug-likeness (QED) is 0.859. The van der Waals surface area contributed by atoms with Crippen molar-refractivity contribution in [3.8, 4) is 10.4 Å². The number of halogens is 1. The summed E-state index contributed by atoms with van der Waals surface area (Å²) in [4.78, 5) is 5.44. The van der Waals surface area contributed by atoms with E-state index in [2.05, 4.69) is 57.2 Å². The third-order valence-corrected chi connectivity index (χ3v) is 3.63. The number of nitrogens with zero attached hydrogens (tertiary/aromatic N) is 1. The Balaban J connectivity index is 2.34. The first-order valence-corrected chi connectivity index (χ1v) is 6.08. The lowest BCUT2D eigenvalue weighted by molar-refractivity contribution is 1.37. The smallest absolute Gasteiger partial charge is 0.182 e. The van der Waals surface area contributed by atoms with Crippen LogP contribution in [0.3, 0.4) is 0 Å². The standard InChI is InChI=1S/C10H9IN2S/c1-12-10-13-6-9(14-10)7-2-4-8(11)5-3-7/h2-6H,1H3,(H,12,13). The molecule has 0 radical (unpaired) electrons. The molecule has 14 heavy (non-hydrogen) atoms. The molecule has 0 saturated carbocycles. The predicted molar refractivity (Wildman–Crippen MR) is 69.8 cm³/mol. The van der Waals surface area contributed by atoms with Crippen molar-refractivity contribution in [1.82, 2.24) is 4.98 Å². The number of aromatic nitrogens is 1. The number of thiazole rings is 1.